The van der Waals surface area contributed by atoms with Crippen LogP contribution in [-0.4, -0.2) is 28.3 Å². The van der Waals surface area contributed by atoms with E-state index in [1.807, 2.05) is 0 Å². The summed E-state index contributed by atoms with van der Waals surface area (Å²) in [5.74, 6) is 1.11. The van der Waals surface area contributed by atoms with Gasteiger partial charge in [0.15, 0.2) is 8.32 Å². The minimum Gasteiger partial charge on any atom is -0.414 e. The SMILES string of the molecule is CC(C)(C)[Si](C)(C)O[C@@H]1C[C@@H]2CC(=O)[C@H]([Si](C)(C)C)[C@]2(C)C1. The van der Waals surface area contributed by atoms with Gasteiger partial charge in [0.05, 0.1) is 8.07 Å². The normalized spacial score (nSPS) is 36.8. The lowest BCUT2D eigenvalue weighted by Crippen LogP contribution is -2.44. The molecule has 0 radical (unpaired) electrons. The predicted molar refractivity (Wildman–Crippen MR) is 99.6 cm³/mol. The molecule has 0 unspecified atom stereocenters. The Morgan fingerprint density at radius 3 is 2.14 bits per heavy atom. The standard InChI is InChI=1S/C18H36O2Si2/c1-17(2,3)22(8,9)20-14-10-13-11-15(19)16(21(5,6)7)18(13,4)12-14/h13-14,16H,10-12H2,1-9H3/t13-,14-,16+,18-/m1/s1. The van der Waals surface area contributed by atoms with Crippen LogP contribution in [0.25, 0.3) is 0 Å². The van der Waals surface area contributed by atoms with Gasteiger partial charge in [-0.05, 0) is 42.3 Å². The third-order valence-electron chi connectivity index (χ3n) is 6.71. The molecule has 0 saturated heterocycles. The molecular formula is C18H36O2Si2. The second-order valence-corrected chi connectivity index (χ2v) is 20.7. The maximum atomic E-state index is 12.6. The van der Waals surface area contributed by atoms with Gasteiger partial charge >= 0.3 is 0 Å². The molecule has 0 aromatic carbocycles. The molecule has 2 aliphatic rings. The zero-order valence-corrected chi connectivity index (χ0v) is 18.2. The Bertz CT molecular complexity index is 459. The van der Waals surface area contributed by atoms with Gasteiger partial charge in [-0.25, -0.2) is 0 Å². The van der Waals surface area contributed by atoms with Crippen molar-refractivity contribution in [2.45, 2.75) is 96.4 Å². The van der Waals surface area contributed by atoms with E-state index in [9.17, 15) is 4.79 Å². The lowest BCUT2D eigenvalue weighted by molar-refractivity contribution is -0.118. The molecule has 0 heterocycles. The molecule has 0 N–H and O–H groups in total. The molecule has 4 heteroatoms. The first-order valence-corrected chi connectivity index (χ1v) is 15.4. The maximum Gasteiger partial charge on any atom is 0.192 e. The Hall–Kier alpha value is 0.0638. The van der Waals surface area contributed by atoms with Gasteiger partial charge in [-0.2, -0.15) is 0 Å². The van der Waals surface area contributed by atoms with Crippen molar-refractivity contribution in [3.63, 3.8) is 0 Å². The smallest absolute Gasteiger partial charge is 0.192 e. The number of hydrogen-bond donors (Lipinski definition) is 0. The van der Waals surface area contributed by atoms with E-state index in [4.69, 9.17) is 4.43 Å². The average Bonchev–Trinajstić information content (AvgIpc) is 2.61. The molecule has 22 heavy (non-hydrogen) atoms. The lowest BCUT2D eigenvalue weighted by Gasteiger charge is -2.40. The summed E-state index contributed by atoms with van der Waals surface area (Å²) in [6.45, 7) is 21.1. The van der Waals surface area contributed by atoms with Gasteiger partial charge in [-0.15, -0.1) is 0 Å². The number of Topliss-reactive ketones (excluding diaryl/α,β-unsaturated/α-hetero) is 1. The van der Waals surface area contributed by atoms with Crippen LogP contribution >= 0.6 is 0 Å². The number of ketones is 1. The minimum atomic E-state index is -1.71. The molecule has 0 aromatic heterocycles. The second kappa shape index (κ2) is 5.28. The summed E-state index contributed by atoms with van der Waals surface area (Å²) < 4.78 is 6.70. The van der Waals surface area contributed by atoms with Crippen molar-refractivity contribution in [3.8, 4) is 0 Å². The van der Waals surface area contributed by atoms with Gasteiger partial charge in [0.1, 0.15) is 5.78 Å². The maximum absolute atomic E-state index is 12.6. The van der Waals surface area contributed by atoms with Crippen LogP contribution in [0.4, 0.5) is 0 Å². The number of carbonyl (C=O) groups is 1. The summed E-state index contributed by atoms with van der Waals surface area (Å²) in [5.41, 5.74) is 0.534. The van der Waals surface area contributed by atoms with E-state index in [0.29, 0.717) is 23.3 Å². The lowest BCUT2D eigenvalue weighted by atomic mass is 9.82. The number of rotatable bonds is 3. The predicted octanol–water partition coefficient (Wildman–Crippen LogP) is 5.47. The second-order valence-electron chi connectivity index (χ2n) is 10.6. The van der Waals surface area contributed by atoms with E-state index in [0.717, 1.165) is 19.3 Å². The number of carbonyl (C=O) groups excluding carboxylic acids is 1. The molecular weight excluding hydrogens is 304 g/mol. The van der Waals surface area contributed by atoms with Crippen molar-refractivity contribution in [1.82, 2.24) is 0 Å². The van der Waals surface area contributed by atoms with Crippen LogP contribution in [0, 0.1) is 11.3 Å². The first kappa shape index (κ1) is 18.4. The van der Waals surface area contributed by atoms with Crippen LogP contribution in [0.15, 0.2) is 0 Å². The van der Waals surface area contributed by atoms with E-state index in [1.54, 1.807) is 0 Å². The van der Waals surface area contributed by atoms with Crippen molar-refractivity contribution in [3.05, 3.63) is 0 Å². The van der Waals surface area contributed by atoms with Crippen LogP contribution in [0.5, 0.6) is 0 Å². The molecule has 0 aromatic rings. The molecule has 2 rings (SSSR count). The first-order chi connectivity index (χ1) is 9.68. The summed E-state index contributed by atoms with van der Waals surface area (Å²) in [7, 11) is -3.17. The van der Waals surface area contributed by atoms with Gasteiger partial charge < -0.3 is 4.43 Å². The molecule has 2 saturated carbocycles. The largest absolute Gasteiger partial charge is 0.414 e. The van der Waals surface area contributed by atoms with Crippen molar-refractivity contribution in [2.24, 2.45) is 11.3 Å². The first-order valence-electron chi connectivity index (χ1n) is 8.89. The molecule has 0 aliphatic heterocycles. The van der Waals surface area contributed by atoms with Gasteiger partial charge in [0.2, 0.25) is 0 Å². The van der Waals surface area contributed by atoms with Crippen molar-refractivity contribution >= 4 is 22.2 Å². The van der Waals surface area contributed by atoms with Crippen LogP contribution in [0.1, 0.15) is 47.0 Å². The molecule has 2 nitrogen and oxygen atoms in total. The molecule has 0 spiro atoms. The van der Waals surface area contributed by atoms with Crippen molar-refractivity contribution in [1.29, 1.82) is 0 Å². The molecule has 2 fully saturated rings. The Kier molecular flexibility index (Phi) is 4.42. The average molecular weight is 341 g/mol. The van der Waals surface area contributed by atoms with Crippen LogP contribution in [0.2, 0.25) is 43.3 Å². The van der Waals surface area contributed by atoms with Crippen LogP contribution in [-0.2, 0) is 9.22 Å². The van der Waals surface area contributed by atoms with Crippen molar-refractivity contribution in [2.75, 3.05) is 0 Å². The third-order valence-corrected chi connectivity index (χ3v) is 14.0. The fourth-order valence-corrected chi connectivity index (χ4v) is 9.66. The zero-order chi connectivity index (χ0) is 17.1. The summed E-state index contributed by atoms with van der Waals surface area (Å²) >= 11 is 0. The quantitative estimate of drug-likeness (QED) is 0.636. The highest BCUT2D eigenvalue weighted by Crippen LogP contribution is 2.62. The van der Waals surface area contributed by atoms with E-state index in [-0.39, 0.29) is 10.5 Å². The van der Waals surface area contributed by atoms with Crippen LogP contribution in [0.3, 0.4) is 0 Å². The Morgan fingerprint density at radius 2 is 1.68 bits per heavy atom. The topological polar surface area (TPSA) is 26.3 Å². The summed E-state index contributed by atoms with van der Waals surface area (Å²) in [4.78, 5) is 12.6. The monoisotopic (exact) mass is 340 g/mol. The fourth-order valence-electron chi connectivity index (χ4n) is 4.88. The number of hydrogen-bond acceptors (Lipinski definition) is 2. The molecule has 128 valence electrons. The zero-order valence-electron chi connectivity index (χ0n) is 16.2. The molecule has 0 amide bonds. The van der Waals surface area contributed by atoms with Crippen LogP contribution < -0.4 is 0 Å². The highest BCUT2D eigenvalue weighted by atomic mass is 28.4. The summed E-state index contributed by atoms with van der Waals surface area (Å²) in [6, 6.07) is 0. The number of fused-ring (bicyclic) bond motifs is 1. The highest BCUT2D eigenvalue weighted by Gasteiger charge is 2.60. The van der Waals surface area contributed by atoms with Crippen molar-refractivity contribution < 1.29 is 9.22 Å². The highest BCUT2D eigenvalue weighted by molar-refractivity contribution is 6.81. The summed E-state index contributed by atoms with van der Waals surface area (Å²) in [5, 5.41) is 0.263. The minimum absolute atomic E-state index is 0.203. The fraction of sp³-hybridized carbons (Fsp3) is 0.944. The Morgan fingerprint density at radius 1 is 1.14 bits per heavy atom. The molecule has 0 bridgehead atoms. The van der Waals surface area contributed by atoms with E-state index in [2.05, 4.69) is 60.4 Å². The third kappa shape index (κ3) is 3.03. The summed E-state index contributed by atoms with van der Waals surface area (Å²) in [6.07, 6.45) is 3.39. The Labute approximate surface area is 139 Å². The van der Waals surface area contributed by atoms with E-state index >= 15 is 0 Å². The van der Waals surface area contributed by atoms with Gasteiger partial charge in [-0.1, -0.05) is 47.3 Å². The van der Waals surface area contributed by atoms with E-state index < -0.39 is 16.4 Å². The molecule has 2 aliphatic carbocycles. The van der Waals surface area contributed by atoms with E-state index in [1.165, 1.54) is 0 Å². The van der Waals surface area contributed by atoms with Gasteiger partial charge in [0, 0.05) is 18.1 Å². The Balaban J connectivity index is 2.18. The molecule has 4 atom stereocenters. The van der Waals surface area contributed by atoms with Gasteiger partial charge in [-0.3, -0.25) is 4.79 Å². The van der Waals surface area contributed by atoms with Gasteiger partial charge in [0.25, 0.3) is 0 Å².